The molecule has 0 saturated carbocycles. The lowest BCUT2D eigenvalue weighted by molar-refractivity contribution is 0.0544. The van der Waals surface area contributed by atoms with Crippen LogP contribution in [0.15, 0.2) is 22.7 Å². The summed E-state index contributed by atoms with van der Waals surface area (Å²) in [5.74, 6) is 0.0414. The highest BCUT2D eigenvalue weighted by Gasteiger charge is 2.29. The van der Waals surface area contributed by atoms with Crippen molar-refractivity contribution in [3.05, 3.63) is 33.3 Å². The lowest BCUT2D eigenvalue weighted by atomic mass is 10.1. The number of nitrogens with one attached hydrogen (secondary N) is 1. The first-order chi connectivity index (χ1) is 8.49. The molecule has 5 heteroatoms. The molecule has 98 valence electrons. The summed E-state index contributed by atoms with van der Waals surface area (Å²) in [6.07, 6.45) is 0. The minimum Gasteiger partial charge on any atom is -0.331 e. The van der Waals surface area contributed by atoms with Crippen LogP contribution < -0.4 is 5.32 Å². The van der Waals surface area contributed by atoms with Gasteiger partial charge in [-0.15, -0.1) is 0 Å². The summed E-state index contributed by atoms with van der Waals surface area (Å²) in [6.45, 7) is 5.77. The molecular formula is C13H16BrClN2O. The van der Waals surface area contributed by atoms with E-state index < -0.39 is 0 Å². The average Bonchev–Trinajstić information content (AvgIpc) is 2.27. The van der Waals surface area contributed by atoms with Crippen molar-refractivity contribution < 1.29 is 4.79 Å². The van der Waals surface area contributed by atoms with E-state index in [2.05, 4.69) is 35.1 Å². The van der Waals surface area contributed by atoms with Crippen LogP contribution in [0.3, 0.4) is 0 Å². The van der Waals surface area contributed by atoms with E-state index in [0.717, 1.165) is 17.6 Å². The van der Waals surface area contributed by atoms with Gasteiger partial charge >= 0.3 is 0 Å². The summed E-state index contributed by atoms with van der Waals surface area (Å²) in [5, 5.41) is 3.89. The molecule has 2 rings (SSSR count). The average molecular weight is 332 g/mol. The molecule has 1 heterocycles. The second-order valence-corrected chi connectivity index (χ2v) is 6.08. The maximum Gasteiger partial charge on any atom is 0.254 e. The van der Waals surface area contributed by atoms with Crippen LogP contribution in [0.25, 0.3) is 0 Å². The topological polar surface area (TPSA) is 32.3 Å². The van der Waals surface area contributed by atoms with E-state index in [1.807, 2.05) is 11.0 Å². The van der Waals surface area contributed by atoms with Gasteiger partial charge in [-0.1, -0.05) is 27.5 Å². The standard InChI is InChI=1S/C13H16BrClN2O/c1-8-6-16-7-9(2)17(8)13(18)10-3-11(14)5-12(15)4-10/h3-5,8-9,16H,6-7H2,1-2H3. The summed E-state index contributed by atoms with van der Waals surface area (Å²) < 4.78 is 0.828. The van der Waals surface area contributed by atoms with Gasteiger partial charge < -0.3 is 10.2 Å². The van der Waals surface area contributed by atoms with Crippen LogP contribution in [0.2, 0.25) is 5.02 Å². The highest BCUT2D eigenvalue weighted by atomic mass is 79.9. The molecule has 1 saturated heterocycles. The largest absolute Gasteiger partial charge is 0.331 e. The van der Waals surface area contributed by atoms with Crippen molar-refractivity contribution >= 4 is 33.4 Å². The third-order valence-electron chi connectivity index (χ3n) is 3.17. The summed E-state index contributed by atoms with van der Waals surface area (Å²) in [6, 6.07) is 5.70. The number of hydrogen-bond donors (Lipinski definition) is 1. The smallest absolute Gasteiger partial charge is 0.254 e. The van der Waals surface area contributed by atoms with E-state index in [0.29, 0.717) is 10.6 Å². The molecule has 3 nitrogen and oxygen atoms in total. The van der Waals surface area contributed by atoms with Crippen molar-refractivity contribution in [3.8, 4) is 0 Å². The predicted molar refractivity (Wildman–Crippen MR) is 77.1 cm³/mol. The van der Waals surface area contributed by atoms with Gasteiger partial charge in [-0.2, -0.15) is 0 Å². The molecule has 1 amide bonds. The van der Waals surface area contributed by atoms with Crippen LogP contribution in [0.1, 0.15) is 24.2 Å². The van der Waals surface area contributed by atoms with Gasteiger partial charge in [0.15, 0.2) is 0 Å². The lowest BCUT2D eigenvalue weighted by Gasteiger charge is -2.39. The molecular weight excluding hydrogens is 316 g/mol. The number of carbonyl (C=O) groups excluding carboxylic acids is 1. The van der Waals surface area contributed by atoms with E-state index in [1.54, 1.807) is 12.1 Å². The van der Waals surface area contributed by atoms with Crippen LogP contribution in [-0.2, 0) is 0 Å². The second kappa shape index (κ2) is 5.59. The molecule has 1 aliphatic heterocycles. The van der Waals surface area contributed by atoms with Crippen molar-refractivity contribution in [1.82, 2.24) is 10.2 Å². The first-order valence-electron chi connectivity index (χ1n) is 5.98. The zero-order valence-electron chi connectivity index (χ0n) is 10.4. The molecule has 1 aliphatic rings. The number of carbonyl (C=O) groups is 1. The van der Waals surface area contributed by atoms with Crippen LogP contribution in [0, 0.1) is 0 Å². The SMILES string of the molecule is CC1CNCC(C)N1C(=O)c1cc(Cl)cc(Br)c1. The molecule has 2 atom stereocenters. The van der Waals surface area contributed by atoms with Gasteiger partial charge in [0.25, 0.3) is 5.91 Å². The Morgan fingerprint density at radius 2 is 1.94 bits per heavy atom. The van der Waals surface area contributed by atoms with Gasteiger partial charge in [-0.3, -0.25) is 4.79 Å². The lowest BCUT2D eigenvalue weighted by Crippen LogP contribution is -2.57. The minimum absolute atomic E-state index is 0.0414. The van der Waals surface area contributed by atoms with Crippen molar-refractivity contribution in [2.24, 2.45) is 0 Å². The monoisotopic (exact) mass is 330 g/mol. The Kier molecular flexibility index (Phi) is 4.30. The van der Waals surface area contributed by atoms with Crippen LogP contribution in [-0.4, -0.2) is 36.0 Å². The number of halogens is 2. The Labute approximate surface area is 121 Å². The van der Waals surface area contributed by atoms with E-state index in [-0.39, 0.29) is 18.0 Å². The Morgan fingerprint density at radius 3 is 2.50 bits per heavy atom. The Balaban J connectivity index is 2.29. The molecule has 1 fully saturated rings. The number of hydrogen-bond acceptors (Lipinski definition) is 2. The van der Waals surface area contributed by atoms with Crippen molar-refractivity contribution in [1.29, 1.82) is 0 Å². The van der Waals surface area contributed by atoms with Gasteiger partial charge in [0.05, 0.1) is 0 Å². The fourth-order valence-corrected chi connectivity index (χ4v) is 3.22. The molecule has 1 aromatic rings. The van der Waals surface area contributed by atoms with Crippen molar-refractivity contribution in [3.63, 3.8) is 0 Å². The first-order valence-corrected chi connectivity index (χ1v) is 7.15. The molecule has 0 aliphatic carbocycles. The van der Waals surface area contributed by atoms with Gasteiger partial charge in [-0.05, 0) is 32.0 Å². The van der Waals surface area contributed by atoms with E-state index in [4.69, 9.17) is 11.6 Å². The van der Waals surface area contributed by atoms with Gasteiger partial charge in [0.1, 0.15) is 0 Å². The maximum absolute atomic E-state index is 12.5. The Morgan fingerprint density at radius 1 is 1.33 bits per heavy atom. The molecule has 0 aromatic heterocycles. The summed E-state index contributed by atoms with van der Waals surface area (Å²) in [7, 11) is 0. The second-order valence-electron chi connectivity index (χ2n) is 4.73. The predicted octanol–water partition coefficient (Wildman–Crippen LogP) is 2.92. The van der Waals surface area contributed by atoms with E-state index in [9.17, 15) is 4.79 Å². The van der Waals surface area contributed by atoms with Gasteiger partial charge in [-0.25, -0.2) is 0 Å². The van der Waals surface area contributed by atoms with Gasteiger partial charge in [0, 0.05) is 40.2 Å². The van der Waals surface area contributed by atoms with Gasteiger partial charge in [0.2, 0.25) is 0 Å². The van der Waals surface area contributed by atoms with Crippen molar-refractivity contribution in [2.45, 2.75) is 25.9 Å². The van der Waals surface area contributed by atoms with E-state index >= 15 is 0 Å². The number of piperazine rings is 1. The van der Waals surface area contributed by atoms with E-state index in [1.165, 1.54) is 0 Å². The molecule has 0 spiro atoms. The summed E-state index contributed by atoms with van der Waals surface area (Å²) in [4.78, 5) is 14.5. The normalized spacial score (nSPS) is 24.1. The number of rotatable bonds is 1. The molecule has 2 unspecified atom stereocenters. The summed E-state index contributed by atoms with van der Waals surface area (Å²) in [5.41, 5.74) is 0.634. The highest BCUT2D eigenvalue weighted by Crippen LogP contribution is 2.22. The highest BCUT2D eigenvalue weighted by molar-refractivity contribution is 9.10. The molecule has 18 heavy (non-hydrogen) atoms. The Hall–Kier alpha value is -0.580. The fraction of sp³-hybridized carbons (Fsp3) is 0.462. The quantitative estimate of drug-likeness (QED) is 0.858. The number of amides is 1. The maximum atomic E-state index is 12.5. The third-order valence-corrected chi connectivity index (χ3v) is 3.85. The molecule has 1 aromatic carbocycles. The minimum atomic E-state index is 0.0414. The molecule has 1 N–H and O–H groups in total. The fourth-order valence-electron chi connectivity index (χ4n) is 2.36. The van der Waals surface area contributed by atoms with Crippen LogP contribution >= 0.6 is 27.5 Å². The molecule has 0 radical (unpaired) electrons. The summed E-state index contributed by atoms with van der Waals surface area (Å²) >= 11 is 9.36. The zero-order valence-corrected chi connectivity index (χ0v) is 12.8. The number of nitrogens with zero attached hydrogens (tertiary/aromatic N) is 1. The van der Waals surface area contributed by atoms with Crippen LogP contribution in [0.5, 0.6) is 0 Å². The Bertz CT molecular complexity index is 436. The number of benzene rings is 1. The van der Waals surface area contributed by atoms with Crippen molar-refractivity contribution in [2.75, 3.05) is 13.1 Å². The first kappa shape index (κ1) is 13.8. The van der Waals surface area contributed by atoms with Crippen LogP contribution in [0.4, 0.5) is 0 Å². The molecule has 0 bridgehead atoms. The third kappa shape index (κ3) is 2.87. The zero-order chi connectivity index (χ0) is 13.3.